The zero-order valence-electron chi connectivity index (χ0n) is 13.1. The Kier molecular flexibility index (Phi) is 4.66. The van der Waals surface area contributed by atoms with Crippen molar-refractivity contribution in [3.05, 3.63) is 76.4 Å². The fourth-order valence-corrected chi connectivity index (χ4v) is 2.16. The molecule has 0 spiro atoms. The second kappa shape index (κ2) is 6.48. The Hall–Kier alpha value is -2.55. The Labute approximate surface area is 130 Å². The molecule has 1 aromatic carbocycles. The van der Waals surface area contributed by atoms with Gasteiger partial charge in [-0.15, -0.1) is 6.58 Å². The van der Waals surface area contributed by atoms with E-state index in [0.29, 0.717) is 17.1 Å². The van der Waals surface area contributed by atoms with Crippen LogP contribution in [0.2, 0.25) is 0 Å². The summed E-state index contributed by atoms with van der Waals surface area (Å²) in [7, 11) is 1.54. The van der Waals surface area contributed by atoms with Crippen LogP contribution < -0.4 is 10.4 Å². The average Bonchev–Trinajstić information content (AvgIpc) is 2.53. The third-order valence-corrected chi connectivity index (χ3v) is 3.55. The van der Waals surface area contributed by atoms with Gasteiger partial charge in [0, 0.05) is 11.5 Å². The van der Waals surface area contributed by atoms with Gasteiger partial charge in [0.1, 0.15) is 11.5 Å². The van der Waals surface area contributed by atoms with Crippen molar-refractivity contribution < 1.29 is 9.15 Å². The van der Waals surface area contributed by atoms with Gasteiger partial charge in [-0.2, -0.15) is 0 Å². The zero-order chi connectivity index (χ0) is 16.2. The summed E-state index contributed by atoms with van der Waals surface area (Å²) >= 11 is 0. The van der Waals surface area contributed by atoms with Gasteiger partial charge in [0.05, 0.1) is 12.7 Å². The summed E-state index contributed by atoms with van der Waals surface area (Å²) in [6.45, 7) is 7.57. The lowest BCUT2D eigenvalue weighted by atomic mass is 9.85. The van der Waals surface area contributed by atoms with Crippen molar-refractivity contribution in [3.63, 3.8) is 0 Å². The van der Waals surface area contributed by atoms with Gasteiger partial charge in [0.15, 0.2) is 0 Å². The molecule has 0 aliphatic heterocycles. The third kappa shape index (κ3) is 3.37. The van der Waals surface area contributed by atoms with Crippen molar-refractivity contribution in [1.29, 1.82) is 0 Å². The standard InChI is InChI=1S/C19H20O3/c1-5-19(2,3)17-16(21-4)13-15(22-18(17)20)12-11-14-9-7-6-8-10-14/h5-13H,1H2,2-4H3/b12-11+. The summed E-state index contributed by atoms with van der Waals surface area (Å²) < 4.78 is 10.8. The zero-order valence-corrected chi connectivity index (χ0v) is 13.1. The van der Waals surface area contributed by atoms with Crippen LogP contribution in [0.4, 0.5) is 0 Å². The first kappa shape index (κ1) is 15.8. The first-order chi connectivity index (χ1) is 10.5. The Morgan fingerprint density at radius 3 is 2.45 bits per heavy atom. The van der Waals surface area contributed by atoms with Crippen molar-refractivity contribution in [3.8, 4) is 5.75 Å². The van der Waals surface area contributed by atoms with Crippen LogP contribution in [0.3, 0.4) is 0 Å². The van der Waals surface area contributed by atoms with Crippen molar-refractivity contribution in [1.82, 2.24) is 0 Å². The predicted molar refractivity (Wildman–Crippen MR) is 90.1 cm³/mol. The van der Waals surface area contributed by atoms with Crippen molar-refractivity contribution >= 4 is 12.2 Å². The van der Waals surface area contributed by atoms with Crippen LogP contribution in [0.5, 0.6) is 5.75 Å². The van der Waals surface area contributed by atoms with Crippen LogP contribution in [-0.4, -0.2) is 7.11 Å². The Morgan fingerprint density at radius 2 is 1.86 bits per heavy atom. The van der Waals surface area contributed by atoms with E-state index in [-0.39, 0.29) is 0 Å². The van der Waals surface area contributed by atoms with Crippen LogP contribution >= 0.6 is 0 Å². The molecule has 1 heterocycles. The van der Waals surface area contributed by atoms with E-state index >= 15 is 0 Å². The number of ether oxygens (including phenoxy) is 1. The van der Waals surface area contributed by atoms with E-state index in [1.54, 1.807) is 25.3 Å². The first-order valence-corrected chi connectivity index (χ1v) is 7.07. The molecule has 0 amide bonds. The number of allylic oxidation sites excluding steroid dienone is 1. The van der Waals surface area contributed by atoms with Gasteiger partial charge in [-0.1, -0.05) is 56.3 Å². The lowest BCUT2D eigenvalue weighted by Gasteiger charge is -2.21. The normalized spacial score (nSPS) is 11.6. The van der Waals surface area contributed by atoms with Crippen LogP contribution in [-0.2, 0) is 5.41 Å². The molecule has 0 saturated heterocycles. The molecule has 0 aliphatic rings. The van der Waals surface area contributed by atoms with Gasteiger partial charge in [0.2, 0.25) is 0 Å². The monoisotopic (exact) mass is 296 g/mol. The van der Waals surface area contributed by atoms with Gasteiger partial charge in [-0.3, -0.25) is 0 Å². The van der Waals surface area contributed by atoms with Crippen LogP contribution in [0.15, 0.2) is 58.3 Å². The van der Waals surface area contributed by atoms with Gasteiger partial charge >= 0.3 is 5.63 Å². The largest absolute Gasteiger partial charge is 0.496 e. The van der Waals surface area contributed by atoms with E-state index in [4.69, 9.17) is 9.15 Å². The highest BCUT2D eigenvalue weighted by molar-refractivity contribution is 5.67. The summed E-state index contributed by atoms with van der Waals surface area (Å²) in [6.07, 6.45) is 5.35. The molecule has 3 heteroatoms. The van der Waals surface area contributed by atoms with Gasteiger partial charge in [0.25, 0.3) is 0 Å². The van der Waals surface area contributed by atoms with E-state index < -0.39 is 11.0 Å². The summed E-state index contributed by atoms with van der Waals surface area (Å²) in [5, 5.41) is 0. The second-order valence-corrected chi connectivity index (χ2v) is 5.55. The quantitative estimate of drug-likeness (QED) is 0.773. The van der Waals surface area contributed by atoms with Gasteiger partial charge in [-0.25, -0.2) is 4.79 Å². The van der Waals surface area contributed by atoms with E-state index in [1.165, 1.54) is 0 Å². The lowest BCUT2D eigenvalue weighted by molar-refractivity contribution is 0.380. The van der Waals surface area contributed by atoms with Crippen LogP contribution in [0.1, 0.15) is 30.7 Å². The molecule has 0 atom stereocenters. The minimum Gasteiger partial charge on any atom is -0.496 e. The second-order valence-electron chi connectivity index (χ2n) is 5.55. The van der Waals surface area contributed by atoms with E-state index in [1.807, 2.05) is 50.3 Å². The highest BCUT2D eigenvalue weighted by Gasteiger charge is 2.26. The van der Waals surface area contributed by atoms with Crippen LogP contribution in [0.25, 0.3) is 12.2 Å². The minimum atomic E-state index is -0.520. The highest BCUT2D eigenvalue weighted by atomic mass is 16.5. The van der Waals surface area contributed by atoms with Crippen molar-refractivity contribution in [2.45, 2.75) is 19.3 Å². The molecule has 22 heavy (non-hydrogen) atoms. The molecular weight excluding hydrogens is 276 g/mol. The van der Waals surface area contributed by atoms with Gasteiger partial charge in [-0.05, 0) is 11.6 Å². The fourth-order valence-electron chi connectivity index (χ4n) is 2.16. The molecule has 114 valence electrons. The fraction of sp³-hybridized carbons (Fsp3) is 0.211. The number of rotatable bonds is 5. The summed E-state index contributed by atoms with van der Waals surface area (Å²) in [5.74, 6) is 0.961. The molecule has 2 rings (SSSR count). The lowest BCUT2D eigenvalue weighted by Crippen LogP contribution is -2.24. The first-order valence-electron chi connectivity index (χ1n) is 7.07. The molecule has 0 fully saturated rings. The average molecular weight is 296 g/mol. The molecule has 1 aromatic heterocycles. The molecule has 2 aromatic rings. The maximum atomic E-state index is 12.3. The maximum absolute atomic E-state index is 12.3. The van der Waals surface area contributed by atoms with Crippen LogP contribution in [0, 0.1) is 0 Å². The molecule has 0 radical (unpaired) electrons. The Bertz CT molecular complexity index is 737. The molecule has 0 saturated carbocycles. The third-order valence-electron chi connectivity index (χ3n) is 3.55. The smallest absolute Gasteiger partial charge is 0.344 e. The summed E-state index contributed by atoms with van der Waals surface area (Å²) in [6, 6.07) is 11.5. The number of hydrogen-bond donors (Lipinski definition) is 0. The topological polar surface area (TPSA) is 39.4 Å². The predicted octanol–water partition coefficient (Wildman–Crippen LogP) is 4.28. The Morgan fingerprint density at radius 1 is 1.18 bits per heavy atom. The number of methoxy groups -OCH3 is 1. The summed E-state index contributed by atoms with van der Waals surface area (Å²) in [4.78, 5) is 12.3. The number of benzene rings is 1. The molecule has 0 unspecified atom stereocenters. The molecule has 0 bridgehead atoms. The van der Waals surface area contributed by atoms with E-state index in [2.05, 4.69) is 6.58 Å². The van der Waals surface area contributed by atoms with Crippen molar-refractivity contribution in [2.24, 2.45) is 0 Å². The minimum absolute atomic E-state index is 0.406. The van der Waals surface area contributed by atoms with E-state index in [0.717, 1.165) is 5.56 Å². The van der Waals surface area contributed by atoms with Crippen molar-refractivity contribution in [2.75, 3.05) is 7.11 Å². The maximum Gasteiger partial charge on any atom is 0.344 e. The van der Waals surface area contributed by atoms with E-state index in [9.17, 15) is 4.79 Å². The van der Waals surface area contributed by atoms with Gasteiger partial charge < -0.3 is 9.15 Å². The summed E-state index contributed by atoms with van der Waals surface area (Å²) in [5.41, 5.74) is 0.576. The molecule has 3 nitrogen and oxygen atoms in total. The molecule has 0 aliphatic carbocycles. The number of hydrogen-bond acceptors (Lipinski definition) is 3. The molecule has 0 N–H and O–H groups in total. The molecular formula is C19H20O3. The Balaban J connectivity index is 2.45. The highest BCUT2D eigenvalue weighted by Crippen LogP contribution is 2.30. The SMILES string of the molecule is C=CC(C)(C)c1c(OC)cc(/C=C/c2ccccc2)oc1=O.